The number of nitro groups is 1. The van der Waals surface area contributed by atoms with E-state index in [2.05, 4.69) is 4.74 Å². The molecule has 0 aromatic heterocycles. The van der Waals surface area contributed by atoms with Crippen LogP contribution in [0.2, 0.25) is 10.0 Å². The first-order chi connectivity index (χ1) is 12.6. The van der Waals surface area contributed by atoms with Gasteiger partial charge in [0, 0.05) is 17.2 Å². The van der Waals surface area contributed by atoms with Gasteiger partial charge < -0.3 is 4.74 Å². The maximum atomic E-state index is 13.2. The van der Waals surface area contributed by atoms with Crippen molar-refractivity contribution in [3.8, 4) is 0 Å². The first kappa shape index (κ1) is 20.9. The summed E-state index contributed by atoms with van der Waals surface area (Å²) in [4.78, 5) is 21.8. The SMILES string of the molecule is COC(=O)CN(c1ccc([N+](=O)[O-])cc1C)S(=O)(=O)c1cc(Cl)ccc1Cl. The fourth-order valence-corrected chi connectivity index (χ4v) is 4.52. The highest BCUT2D eigenvalue weighted by Crippen LogP contribution is 2.33. The Morgan fingerprint density at radius 1 is 1.22 bits per heavy atom. The molecule has 0 spiro atoms. The van der Waals surface area contributed by atoms with Crippen LogP contribution in [-0.2, 0) is 19.6 Å². The van der Waals surface area contributed by atoms with Gasteiger partial charge in [-0.3, -0.25) is 19.2 Å². The first-order valence-electron chi connectivity index (χ1n) is 7.37. The van der Waals surface area contributed by atoms with Gasteiger partial charge in [-0.25, -0.2) is 8.42 Å². The number of carbonyl (C=O) groups excluding carboxylic acids is 1. The van der Waals surface area contributed by atoms with E-state index >= 15 is 0 Å². The van der Waals surface area contributed by atoms with Crippen molar-refractivity contribution in [2.45, 2.75) is 11.8 Å². The third kappa shape index (κ3) is 4.49. The Kier molecular flexibility index (Phi) is 6.30. The van der Waals surface area contributed by atoms with Gasteiger partial charge in [0.25, 0.3) is 15.7 Å². The smallest absolute Gasteiger partial charge is 0.326 e. The summed E-state index contributed by atoms with van der Waals surface area (Å²) in [5.74, 6) is -0.825. The molecule has 0 N–H and O–H groups in total. The molecule has 0 aliphatic carbocycles. The molecule has 8 nitrogen and oxygen atoms in total. The van der Waals surface area contributed by atoms with Crippen molar-refractivity contribution < 1.29 is 22.9 Å². The molecule has 0 radical (unpaired) electrons. The van der Waals surface area contributed by atoms with Crippen molar-refractivity contribution in [2.24, 2.45) is 0 Å². The summed E-state index contributed by atoms with van der Waals surface area (Å²) < 4.78 is 31.7. The van der Waals surface area contributed by atoms with Gasteiger partial charge in [0.2, 0.25) is 0 Å². The van der Waals surface area contributed by atoms with Crippen LogP contribution in [0.15, 0.2) is 41.3 Å². The second-order valence-electron chi connectivity index (χ2n) is 5.39. The van der Waals surface area contributed by atoms with Crippen LogP contribution in [0.4, 0.5) is 11.4 Å². The Morgan fingerprint density at radius 3 is 2.44 bits per heavy atom. The number of hydrogen-bond donors (Lipinski definition) is 0. The molecule has 144 valence electrons. The molecule has 0 unspecified atom stereocenters. The van der Waals surface area contributed by atoms with Crippen molar-refractivity contribution in [3.05, 3.63) is 62.1 Å². The zero-order valence-electron chi connectivity index (χ0n) is 14.2. The number of esters is 1. The minimum atomic E-state index is -4.32. The number of ether oxygens (including phenoxy) is 1. The van der Waals surface area contributed by atoms with Crippen molar-refractivity contribution in [2.75, 3.05) is 18.0 Å². The zero-order valence-corrected chi connectivity index (χ0v) is 16.5. The molecule has 0 fully saturated rings. The van der Waals surface area contributed by atoms with Crippen LogP contribution in [0.5, 0.6) is 0 Å². The van der Waals surface area contributed by atoms with E-state index in [0.29, 0.717) is 0 Å². The number of sulfonamides is 1. The lowest BCUT2D eigenvalue weighted by Gasteiger charge is -2.25. The Hall–Kier alpha value is -2.36. The van der Waals surface area contributed by atoms with Gasteiger partial charge in [0.05, 0.1) is 22.7 Å². The molecule has 0 heterocycles. The number of carbonyl (C=O) groups is 1. The van der Waals surface area contributed by atoms with Crippen molar-refractivity contribution >= 4 is 50.6 Å². The summed E-state index contributed by atoms with van der Waals surface area (Å²) in [7, 11) is -3.21. The number of nitro benzene ring substituents is 1. The maximum absolute atomic E-state index is 13.2. The number of nitrogens with zero attached hydrogens (tertiary/aromatic N) is 2. The molecule has 0 saturated carbocycles. The summed E-state index contributed by atoms with van der Waals surface area (Å²) in [6.45, 7) is 0.835. The van der Waals surface area contributed by atoms with Gasteiger partial charge in [0.1, 0.15) is 11.4 Å². The molecule has 0 atom stereocenters. The molecule has 11 heteroatoms. The zero-order chi connectivity index (χ0) is 20.4. The Morgan fingerprint density at radius 2 is 1.89 bits per heavy atom. The standard InChI is InChI=1S/C16H14Cl2N2O6S/c1-10-7-12(20(22)23)4-6-14(10)19(9-16(21)26-2)27(24,25)15-8-11(17)3-5-13(15)18/h3-8H,9H2,1-2H3. The van der Waals surface area contributed by atoms with E-state index in [4.69, 9.17) is 23.2 Å². The summed E-state index contributed by atoms with van der Waals surface area (Å²) in [6.07, 6.45) is 0. The largest absolute Gasteiger partial charge is 0.468 e. The van der Waals surface area contributed by atoms with Gasteiger partial charge >= 0.3 is 5.97 Å². The normalized spacial score (nSPS) is 11.1. The molecule has 2 aromatic rings. The van der Waals surface area contributed by atoms with E-state index in [1.807, 2.05) is 0 Å². The number of non-ortho nitro benzene ring substituents is 1. The Labute approximate surface area is 165 Å². The predicted octanol–water partition coefficient (Wildman–Crippen LogP) is 3.58. The van der Waals surface area contributed by atoms with Gasteiger partial charge in [0.15, 0.2) is 0 Å². The van der Waals surface area contributed by atoms with Crippen LogP contribution in [0.25, 0.3) is 0 Å². The highest BCUT2D eigenvalue weighted by Gasteiger charge is 2.31. The lowest BCUT2D eigenvalue weighted by atomic mass is 10.2. The van der Waals surface area contributed by atoms with Crippen LogP contribution in [0, 0.1) is 17.0 Å². The Balaban J connectivity index is 2.66. The van der Waals surface area contributed by atoms with Gasteiger partial charge in [-0.1, -0.05) is 23.2 Å². The number of rotatable bonds is 6. The van der Waals surface area contributed by atoms with Crippen molar-refractivity contribution in [1.29, 1.82) is 0 Å². The highest BCUT2D eigenvalue weighted by atomic mass is 35.5. The monoisotopic (exact) mass is 432 g/mol. The molecule has 0 aliphatic rings. The van der Waals surface area contributed by atoms with E-state index < -0.39 is 27.5 Å². The fourth-order valence-electron chi connectivity index (χ4n) is 2.31. The molecule has 2 rings (SSSR count). The molecular weight excluding hydrogens is 419 g/mol. The molecule has 0 bridgehead atoms. The summed E-state index contributed by atoms with van der Waals surface area (Å²) in [5, 5.41) is 11.0. The number of benzene rings is 2. The number of aryl methyl sites for hydroxylation is 1. The van der Waals surface area contributed by atoms with Gasteiger partial charge in [-0.2, -0.15) is 0 Å². The van der Waals surface area contributed by atoms with Crippen LogP contribution in [-0.4, -0.2) is 33.0 Å². The summed E-state index contributed by atoms with van der Waals surface area (Å²) >= 11 is 11.9. The van der Waals surface area contributed by atoms with Crippen molar-refractivity contribution in [1.82, 2.24) is 0 Å². The lowest BCUT2D eigenvalue weighted by Crippen LogP contribution is -2.37. The van der Waals surface area contributed by atoms with Crippen LogP contribution >= 0.6 is 23.2 Å². The molecule has 0 aliphatic heterocycles. The topological polar surface area (TPSA) is 107 Å². The third-order valence-corrected chi connectivity index (χ3v) is 6.10. The highest BCUT2D eigenvalue weighted by molar-refractivity contribution is 7.93. The van der Waals surface area contributed by atoms with Crippen LogP contribution in [0.3, 0.4) is 0 Å². The van der Waals surface area contributed by atoms with E-state index in [0.717, 1.165) is 23.5 Å². The van der Waals surface area contributed by atoms with Gasteiger partial charge in [-0.05, 0) is 36.8 Å². The molecule has 27 heavy (non-hydrogen) atoms. The van der Waals surface area contributed by atoms with E-state index in [9.17, 15) is 23.3 Å². The quantitative estimate of drug-likeness (QED) is 0.392. The minimum Gasteiger partial charge on any atom is -0.468 e. The van der Waals surface area contributed by atoms with E-state index in [1.165, 1.54) is 31.2 Å². The molecule has 0 amide bonds. The number of anilines is 1. The van der Waals surface area contributed by atoms with E-state index in [-0.39, 0.29) is 31.9 Å². The maximum Gasteiger partial charge on any atom is 0.326 e. The number of hydrogen-bond acceptors (Lipinski definition) is 6. The fraction of sp³-hybridized carbons (Fsp3) is 0.188. The second kappa shape index (κ2) is 8.12. The minimum absolute atomic E-state index is 0.0713. The Bertz CT molecular complexity index is 1010. The molecule has 0 saturated heterocycles. The first-order valence-corrected chi connectivity index (χ1v) is 9.57. The summed E-state index contributed by atoms with van der Waals surface area (Å²) in [5.41, 5.74) is 0.129. The van der Waals surface area contributed by atoms with Gasteiger partial charge in [-0.15, -0.1) is 0 Å². The van der Waals surface area contributed by atoms with Crippen molar-refractivity contribution in [3.63, 3.8) is 0 Å². The summed E-state index contributed by atoms with van der Waals surface area (Å²) in [6, 6.07) is 7.48. The second-order valence-corrected chi connectivity index (χ2v) is 8.06. The van der Waals surface area contributed by atoms with Crippen LogP contribution < -0.4 is 4.31 Å². The van der Waals surface area contributed by atoms with Crippen LogP contribution in [0.1, 0.15) is 5.56 Å². The lowest BCUT2D eigenvalue weighted by molar-refractivity contribution is -0.384. The van der Waals surface area contributed by atoms with E-state index in [1.54, 1.807) is 0 Å². The predicted molar refractivity (Wildman–Crippen MR) is 101 cm³/mol. The molecular formula is C16H14Cl2N2O6S. The third-order valence-electron chi connectivity index (χ3n) is 3.62. The average Bonchev–Trinajstić information content (AvgIpc) is 2.61. The number of halogens is 2. The average molecular weight is 433 g/mol. The molecule has 2 aromatic carbocycles. The number of methoxy groups -OCH3 is 1.